The Balaban J connectivity index is 2.03. The molecular weight excluding hydrogens is 299 g/mol. The third-order valence-electron chi connectivity index (χ3n) is 3.63. The van der Waals surface area contributed by atoms with Gasteiger partial charge in [-0.2, -0.15) is 0 Å². The Morgan fingerprint density at radius 2 is 1.70 bits per heavy atom. The second-order valence-corrected chi connectivity index (χ2v) is 5.05. The maximum absolute atomic E-state index is 14.4. The number of carbonyl (C=O) groups is 2. The summed E-state index contributed by atoms with van der Waals surface area (Å²) >= 11 is 0. The highest BCUT2D eigenvalue weighted by Crippen LogP contribution is 2.35. The summed E-state index contributed by atoms with van der Waals surface area (Å²) in [6.45, 7) is 0.841. The number of hydrogen-bond acceptors (Lipinski definition) is 4. The highest BCUT2D eigenvalue weighted by molar-refractivity contribution is 6.35. The first kappa shape index (κ1) is 15.2. The largest absolute Gasteiger partial charge is 0.383 e. The van der Waals surface area contributed by atoms with Crippen molar-refractivity contribution in [2.75, 3.05) is 30.5 Å². The number of nitrogens with zero attached hydrogens (tertiary/aromatic N) is 1. The van der Waals surface area contributed by atoms with Crippen molar-refractivity contribution >= 4 is 23.2 Å². The molecule has 0 atom stereocenters. The molecule has 0 spiro atoms. The average Bonchev–Trinajstić information content (AvgIpc) is 2.80. The van der Waals surface area contributed by atoms with Gasteiger partial charge in [-0.1, -0.05) is 18.2 Å². The molecule has 5 nitrogen and oxygen atoms in total. The molecule has 1 aliphatic heterocycles. The molecule has 0 aromatic heterocycles. The van der Waals surface area contributed by atoms with Crippen LogP contribution in [0.3, 0.4) is 0 Å². The lowest BCUT2D eigenvalue weighted by molar-refractivity contribution is 0.0925. The molecule has 2 aromatic rings. The number of para-hydroxylation sites is 1. The van der Waals surface area contributed by atoms with Crippen molar-refractivity contribution in [2.45, 2.75) is 0 Å². The lowest BCUT2D eigenvalue weighted by Gasteiger charge is -2.19. The molecule has 0 bridgehead atoms. The van der Waals surface area contributed by atoms with E-state index in [-0.39, 0.29) is 16.8 Å². The Kier molecular flexibility index (Phi) is 4.08. The molecule has 2 amide bonds. The smallest absolute Gasteiger partial charge is 0.266 e. The summed E-state index contributed by atoms with van der Waals surface area (Å²) in [6.07, 6.45) is 0. The number of anilines is 2. The summed E-state index contributed by atoms with van der Waals surface area (Å²) in [7, 11) is 1.55. The summed E-state index contributed by atoms with van der Waals surface area (Å²) in [4.78, 5) is 25.9. The zero-order chi connectivity index (χ0) is 16.4. The molecule has 1 N–H and O–H groups in total. The highest BCUT2D eigenvalue weighted by Gasteiger charge is 2.38. The van der Waals surface area contributed by atoms with Crippen LogP contribution in [0.4, 0.5) is 15.8 Å². The van der Waals surface area contributed by atoms with Gasteiger partial charge in [-0.15, -0.1) is 0 Å². The van der Waals surface area contributed by atoms with Crippen LogP contribution in [-0.4, -0.2) is 32.1 Å². The van der Waals surface area contributed by atoms with E-state index in [1.807, 2.05) is 0 Å². The van der Waals surface area contributed by atoms with Crippen molar-refractivity contribution in [1.29, 1.82) is 0 Å². The van der Waals surface area contributed by atoms with Crippen LogP contribution in [0.1, 0.15) is 20.7 Å². The van der Waals surface area contributed by atoms with Gasteiger partial charge >= 0.3 is 0 Å². The van der Waals surface area contributed by atoms with Crippen molar-refractivity contribution in [3.63, 3.8) is 0 Å². The van der Waals surface area contributed by atoms with Crippen LogP contribution in [0, 0.1) is 5.82 Å². The topological polar surface area (TPSA) is 58.6 Å². The van der Waals surface area contributed by atoms with Crippen LogP contribution < -0.4 is 10.2 Å². The van der Waals surface area contributed by atoms with Gasteiger partial charge in [-0.25, -0.2) is 9.29 Å². The number of amides is 2. The van der Waals surface area contributed by atoms with Crippen LogP contribution in [0.15, 0.2) is 42.5 Å². The summed E-state index contributed by atoms with van der Waals surface area (Å²) in [5.74, 6) is -1.68. The molecule has 23 heavy (non-hydrogen) atoms. The zero-order valence-corrected chi connectivity index (χ0v) is 12.5. The average molecular weight is 314 g/mol. The predicted molar refractivity (Wildman–Crippen MR) is 84.3 cm³/mol. The molecule has 0 saturated heterocycles. The minimum atomic E-state index is -0.637. The quantitative estimate of drug-likeness (QED) is 0.681. The third-order valence-corrected chi connectivity index (χ3v) is 3.63. The van der Waals surface area contributed by atoms with Gasteiger partial charge in [0.25, 0.3) is 11.8 Å². The maximum Gasteiger partial charge on any atom is 0.266 e. The van der Waals surface area contributed by atoms with E-state index in [1.165, 1.54) is 12.1 Å². The minimum absolute atomic E-state index is 0.0604. The number of carbonyl (C=O) groups excluding carboxylic acids is 2. The number of hydrogen-bond donors (Lipinski definition) is 1. The summed E-state index contributed by atoms with van der Waals surface area (Å²) in [6, 6.07) is 10.8. The molecule has 0 radical (unpaired) electrons. The zero-order valence-electron chi connectivity index (χ0n) is 12.5. The molecule has 0 fully saturated rings. The van der Waals surface area contributed by atoms with E-state index in [0.717, 1.165) is 4.90 Å². The van der Waals surface area contributed by atoms with Crippen molar-refractivity contribution in [3.8, 4) is 0 Å². The fourth-order valence-corrected chi connectivity index (χ4v) is 2.57. The van der Waals surface area contributed by atoms with E-state index in [4.69, 9.17) is 4.74 Å². The third kappa shape index (κ3) is 2.57. The fourth-order valence-electron chi connectivity index (χ4n) is 2.57. The molecule has 2 aromatic carbocycles. The molecule has 0 saturated carbocycles. The van der Waals surface area contributed by atoms with Gasteiger partial charge in [-0.3, -0.25) is 9.59 Å². The van der Waals surface area contributed by atoms with Crippen molar-refractivity contribution in [1.82, 2.24) is 0 Å². The molecule has 0 unspecified atom stereocenters. The second-order valence-electron chi connectivity index (χ2n) is 5.05. The number of nitrogens with one attached hydrogen (secondary N) is 1. The number of ether oxygens (including phenoxy) is 1. The SMILES string of the molecule is COCCNc1cccc(F)c1N1C(=O)c2ccccc2C1=O. The molecule has 118 valence electrons. The molecule has 0 aliphatic carbocycles. The van der Waals surface area contributed by atoms with Gasteiger partial charge < -0.3 is 10.1 Å². The van der Waals surface area contributed by atoms with Crippen LogP contribution in [0.2, 0.25) is 0 Å². The molecule has 3 rings (SSSR count). The van der Waals surface area contributed by atoms with E-state index in [9.17, 15) is 14.0 Å². The van der Waals surface area contributed by atoms with Gasteiger partial charge in [-0.05, 0) is 24.3 Å². The Bertz CT molecular complexity index is 741. The van der Waals surface area contributed by atoms with E-state index in [0.29, 0.717) is 18.8 Å². The Hall–Kier alpha value is -2.73. The molecule has 6 heteroatoms. The van der Waals surface area contributed by atoms with Crippen LogP contribution in [0.25, 0.3) is 0 Å². The minimum Gasteiger partial charge on any atom is -0.383 e. The van der Waals surface area contributed by atoms with E-state index in [1.54, 1.807) is 37.4 Å². The Labute approximate surface area is 132 Å². The monoisotopic (exact) mass is 314 g/mol. The lowest BCUT2D eigenvalue weighted by Crippen LogP contribution is -2.31. The standard InChI is InChI=1S/C17H15FN2O3/c1-23-10-9-19-14-8-4-7-13(18)15(14)20-16(21)11-5-2-3-6-12(11)17(20)22/h2-8,19H,9-10H2,1H3. The first-order valence-corrected chi connectivity index (χ1v) is 7.14. The van der Waals surface area contributed by atoms with E-state index < -0.39 is 17.6 Å². The van der Waals surface area contributed by atoms with Crippen molar-refractivity contribution in [3.05, 3.63) is 59.4 Å². The van der Waals surface area contributed by atoms with Crippen molar-refractivity contribution in [2.24, 2.45) is 0 Å². The maximum atomic E-state index is 14.4. The summed E-state index contributed by atoms with van der Waals surface area (Å²) in [5, 5.41) is 2.99. The Morgan fingerprint density at radius 1 is 1.04 bits per heavy atom. The van der Waals surface area contributed by atoms with Gasteiger partial charge in [0.05, 0.1) is 23.4 Å². The summed E-state index contributed by atoms with van der Waals surface area (Å²) < 4.78 is 19.3. The number of benzene rings is 2. The number of fused-ring (bicyclic) bond motifs is 1. The van der Waals surface area contributed by atoms with E-state index >= 15 is 0 Å². The summed E-state index contributed by atoms with van der Waals surface area (Å²) in [5.41, 5.74) is 0.874. The predicted octanol–water partition coefficient (Wildman–Crippen LogP) is 2.68. The lowest BCUT2D eigenvalue weighted by atomic mass is 10.1. The van der Waals surface area contributed by atoms with Crippen LogP contribution in [-0.2, 0) is 4.74 Å². The van der Waals surface area contributed by atoms with Crippen molar-refractivity contribution < 1.29 is 18.7 Å². The van der Waals surface area contributed by atoms with Gasteiger partial charge in [0.15, 0.2) is 0 Å². The van der Waals surface area contributed by atoms with Crippen LogP contribution >= 0.6 is 0 Å². The normalized spacial score (nSPS) is 13.4. The van der Waals surface area contributed by atoms with Gasteiger partial charge in [0.1, 0.15) is 11.5 Å². The van der Waals surface area contributed by atoms with Crippen LogP contribution in [0.5, 0.6) is 0 Å². The van der Waals surface area contributed by atoms with Gasteiger partial charge in [0, 0.05) is 13.7 Å². The van der Waals surface area contributed by atoms with E-state index in [2.05, 4.69) is 5.32 Å². The highest BCUT2D eigenvalue weighted by atomic mass is 19.1. The molecular formula is C17H15FN2O3. The number of halogens is 1. The first-order valence-electron chi connectivity index (χ1n) is 7.14. The molecule has 1 heterocycles. The first-order chi connectivity index (χ1) is 11.1. The fraction of sp³-hybridized carbons (Fsp3) is 0.176. The second kappa shape index (κ2) is 6.18. The Morgan fingerprint density at radius 3 is 2.30 bits per heavy atom. The van der Waals surface area contributed by atoms with Gasteiger partial charge in [0.2, 0.25) is 0 Å². The molecule has 1 aliphatic rings. The number of methoxy groups -OCH3 is 1. The number of imide groups is 1. The number of rotatable bonds is 5.